The second-order valence-corrected chi connectivity index (χ2v) is 9.57. The van der Waals surface area contributed by atoms with Gasteiger partial charge >= 0.3 is 6.03 Å². The summed E-state index contributed by atoms with van der Waals surface area (Å²) >= 11 is 6.32. The fourth-order valence-electron chi connectivity index (χ4n) is 4.01. The van der Waals surface area contributed by atoms with Gasteiger partial charge in [-0.3, -0.25) is 4.79 Å². The highest BCUT2D eigenvalue weighted by Gasteiger charge is 2.17. The number of imidazole rings is 1. The molecule has 0 spiro atoms. The standard InChI is InChI=1S/C28H29BClN5O3/c1-17(2)38-25-11-10-20(14-23(25)30)27(36)33-21(15-32-28(37)31-3)13-18-6-8-19(9-7-18)24-16-35-12-4-5-22(29)26(35)34-24/h4-12,14,16-17,21H,13,15H2,1-3H3,(H,33,36)(H2,31,32,37)/t21-/m0/s1. The normalized spacial score (nSPS) is 11.8. The van der Waals surface area contributed by atoms with Gasteiger partial charge in [-0.05, 0) is 50.1 Å². The summed E-state index contributed by atoms with van der Waals surface area (Å²) in [5.41, 5.74) is 4.46. The van der Waals surface area contributed by atoms with Gasteiger partial charge in [0.2, 0.25) is 0 Å². The first-order valence-electron chi connectivity index (χ1n) is 12.3. The van der Waals surface area contributed by atoms with Gasteiger partial charge in [0.05, 0.1) is 22.9 Å². The third-order valence-corrected chi connectivity index (χ3v) is 6.17. The Balaban J connectivity index is 1.48. The molecule has 3 amide bonds. The number of fused-ring (bicyclic) bond motifs is 1. The zero-order valence-corrected chi connectivity index (χ0v) is 22.3. The number of ether oxygens (including phenoxy) is 1. The second-order valence-electron chi connectivity index (χ2n) is 9.16. The molecule has 0 aliphatic heterocycles. The number of halogens is 1. The second kappa shape index (κ2) is 12.0. The van der Waals surface area contributed by atoms with Crippen LogP contribution in [0.15, 0.2) is 67.0 Å². The number of benzene rings is 2. The number of rotatable bonds is 9. The van der Waals surface area contributed by atoms with Gasteiger partial charge in [-0.15, -0.1) is 0 Å². The van der Waals surface area contributed by atoms with E-state index in [2.05, 4.69) is 20.9 Å². The van der Waals surface area contributed by atoms with Crippen molar-refractivity contribution >= 4 is 42.5 Å². The Hall–Kier alpha value is -3.98. The van der Waals surface area contributed by atoms with Gasteiger partial charge in [-0.1, -0.05) is 47.4 Å². The van der Waals surface area contributed by atoms with Gasteiger partial charge in [0, 0.05) is 37.1 Å². The number of nitrogens with zero attached hydrogens (tertiary/aromatic N) is 2. The molecule has 2 aromatic heterocycles. The van der Waals surface area contributed by atoms with Crippen LogP contribution in [0.25, 0.3) is 16.9 Å². The van der Waals surface area contributed by atoms with E-state index in [1.165, 1.54) is 7.05 Å². The summed E-state index contributed by atoms with van der Waals surface area (Å²) in [4.78, 5) is 29.5. The maximum absolute atomic E-state index is 13.0. The molecule has 0 aliphatic rings. The number of carbonyl (C=O) groups is 2. The summed E-state index contributed by atoms with van der Waals surface area (Å²) in [6.45, 7) is 4.04. The summed E-state index contributed by atoms with van der Waals surface area (Å²) in [5, 5.41) is 8.67. The third-order valence-electron chi connectivity index (χ3n) is 5.87. The number of pyridine rings is 1. The Morgan fingerprint density at radius 2 is 1.89 bits per heavy atom. The number of amides is 3. The molecule has 0 fully saturated rings. The van der Waals surface area contributed by atoms with E-state index in [1.54, 1.807) is 18.2 Å². The van der Waals surface area contributed by atoms with Crippen molar-refractivity contribution in [2.45, 2.75) is 32.4 Å². The molecule has 8 nitrogen and oxygen atoms in total. The fourth-order valence-corrected chi connectivity index (χ4v) is 4.23. The highest BCUT2D eigenvalue weighted by Crippen LogP contribution is 2.26. The summed E-state index contributed by atoms with van der Waals surface area (Å²) in [6, 6.07) is 15.8. The first-order chi connectivity index (χ1) is 18.2. The van der Waals surface area contributed by atoms with Crippen LogP contribution >= 0.6 is 11.6 Å². The van der Waals surface area contributed by atoms with E-state index in [0.717, 1.165) is 16.8 Å². The zero-order valence-electron chi connectivity index (χ0n) is 21.5. The maximum atomic E-state index is 13.0. The van der Waals surface area contributed by atoms with Crippen LogP contribution in [0.5, 0.6) is 5.75 Å². The molecule has 0 unspecified atom stereocenters. The van der Waals surface area contributed by atoms with Crippen LogP contribution < -0.4 is 26.2 Å². The van der Waals surface area contributed by atoms with Crippen LogP contribution in [-0.2, 0) is 6.42 Å². The highest BCUT2D eigenvalue weighted by atomic mass is 35.5. The minimum absolute atomic E-state index is 0.0374. The monoisotopic (exact) mass is 529 g/mol. The minimum atomic E-state index is -0.369. The number of carbonyl (C=O) groups excluding carboxylic acids is 2. The summed E-state index contributed by atoms with van der Waals surface area (Å²) in [7, 11) is 7.58. The molecule has 38 heavy (non-hydrogen) atoms. The van der Waals surface area contributed by atoms with Crippen molar-refractivity contribution in [2.24, 2.45) is 0 Å². The Morgan fingerprint density at radius 1 is 1.13 bits per heavy atom. The molecule has 0 bridgehead atoms. The number of hydrogen-bond donors (Lipinski definition) is 3. The topological polar surface area (TPSA) is 96.8 Å². The lowest BCUT2D eigenvalue weighted by molar-refractivity contribution is 0.0936. The van der Waals surface area contributed by atoms with Crippen molar-refractivity contribution in [2.75, 3.05) is 13.6 Å². The van der Waals surface area contributed by atoms with Gasteiger partial charge in [-0.25, -0.2) is 9.78 Å². The SMILES string of the molecule is [B]c1cccn2cc(-c3ccc(C[C@@H](CNC(=O)NC)NC(=O)c4ccc(OC(C)C)c(Cl)c4)cc3)nc12. The molecule has 4 aromatic rings. The Morgan fingerprint density at radius 3 is 2.55 bits per heavy atom. The van der Waals surface area contributed by atoms with Gasteiger partial charge in [-0.2, -0.15) is 0 Å². The lowest BCUT2D eigenvalue weighted by Gasteiger charge is -2.20. The maximum Gasteiger partial charge on any atom is 0.314 e. The lowest BCUT2D eigenvalue weighted by Crippen LogP contribution is -2.46. The third kappa shape index (κ3) is 6.66. The Bertz CT molecular complexity index is 1440. The molecule has 4 rings (SSSR count). The van der Waals surface area contributed by atoms with E-state index in [9.17, 15) is 9.59 Å². The van der Waals surface area contributed by atoms with Crippen LogP contribution in [-0.4, -0.2) is 54.9 Å². The molecule has 0 saturated carbocycles. The molecule has 2 aromatic carbocycles. The van der Waals surface area contributed by atoms with E-state index in [0.29, 0.717) is 33.9 Å². The van der Waals surface area contributed by atoms with E-state index >= 15 is 0 Å². The van der Waals surface area contributed by atoms with E-state index < -0.39 is 0 Å². The predicted octanol–water partition coefficient (Wildman–Crippen LogP) is 3.51. The Labute approximate surface area is 228 Å². The van der Waals surface area contributed by atoms with Crippen LogP contribution in [0, 0.1) is 0 Å². The van der Waals surface area contributed by atoms with E-state index in [4.69, 9.17) is 24.2 Å². The predicted molar refractivity (Wildman–Crippen MR) is 151 cm³/mol. The zero-order chi connectivity index (χ0) is 27.2. The molecule has 0 saturated heterocycles. The van der Waals surface area contributed by atoms with Gasteiger partial charge in [0.25, 0.3) is 5.91 Å². The smallest absolute Gasteiger partial charge is 0.314 e. The molecule has 2 radical (unpaired) electrons. The van der Waals surface area contributed by atoms with Crippen LogP contribution in [0.4, 0.5) is 4.79 Å². The summed E-state index contributed by atoms with van der Waals surface area (Å²) in [6.07, 6.45) is 4.29. The summed E-state index contributed by atoms with van der Waals surface area (Å²) < 4.78 is 7.54. The molecule has 1 atom stereocenters. The number of aromatic nitrogens is 2. The van der Waals surface area contributed by atoms with Crippen LogP contribution in [0.3, 0.4) is 0 Å². The van der Waals surface area contributed by atoms with Crippen molar-refractivity contribution in [3.8, 4) is 17.0 Å². The average Bonchev–Trinajstić information content (AvgIpc) is 3.34. The van der Waals surface area contributed by atoms with Gasteiger partial charge in [0.1, 0.15) is 19.2 Å². The van der Waals surface area contributed by atoms with E-state index in [1.807, 2.05) is 67.0 Å². The molecular formula is C28H29BClN5O3. The molecule has 194 valence electrons. The van der Waals surface area contributed by atoms with Crippen molar-refractivity contribution in [3.63, 3.8) is 0 Å². The number of hydrogen-bond acceptors (Lipinski definition) is 4. The number of urea groups is 1. The van der Waals surface area contributed by atoms with Crippen molar-refractivity contribution in [3.05, 3.63) is 83.1 Å². The van der Waals surface area contributed by atoms with Crippen LogP contribution in [0.2, 0.25) is 5.02 Å². The highest BCUT2D eigenvalue weighted by molar-refractivity contribution is 6.36. The van der Waals surface area contributed by atoms with Gasteiger partial charge in [0.15, 0.2) is 0 Å². The number of nitrogens with one attached hydrogen (secondary N) is 3. The van der Waals surface area contributed by atoms with Crippen LogP contribution in [0.1, 0.15) is 29.8 Å². The van der Waals surface area contributed by atoms with Crippen molar-refractivity contribution in [1.29, 1.82) is 0 Å². The average molecular weight is 530 g/mol. The first kappa shape index (κ1) is 27.1. The van der Waals surface area contributed by atoms with Gasteiger partial charge < -0.3 is 25.1 Å². The van der Waals surface area contributed by atoms with E-state index in [-0.39, 0.29) is 30.6 Å². The molecule has 3 N–H and O–H groups in total. The molecule has 10 heteroatoms. The Kier molecular flexibility index (Phi) is 8.58. The first-order valence-corrected chi connectivity index (χ1v) is 12.7. The molecular weight excluding hydrogens is 501 g/mol. The van der Waals surface area contributed by atoms with Crippen molar-refractivity contribution < 1.29 is 14.3 Å². The molecule has 0 aliphatic carbocycles. The fraction of sp³-hybridized carbons (Fsp3) is 0.250. The summed E-state index contributed by atoms with van der Waals surface area (Å²) in [5.74, 6) is 0.218. The van der Waals surface area contributed by atoms with Crippen molar-refractivity contribution in [1.82, 2.24) is 25.3 Å². The quantitative estimate of drug-likeness (QED) is 0.289. The minimum Gasteiger partial charge on any atom is -0.489 e. The largest absolute Gasteiger partial charge is 0.489 e. The lowest BCUT2D eigenvalue weighted by atomic mass is 9.98. The molecule has 2 heterocycles.